The molecule has 0 aliphatic carbocycles. The first-order valence-corrected chi connectivity index (χ1v) is 9.73. The highest BCUT2D eigenvalue weighted by molar-refractivity contribution is 7.72. The SMILES string of the molecule is CCCCOP(=O)(OCCCC)C(=O)c1c(OC)cccc1OC. The molecule has 7 heteroatoms. The Morgan fingerprint density at radius 2 is 1.42 bits per heavy atom. The van der Waals surface area contributed by atoms with Crippen LogP contribution < -0.4 is 9.47 Å². The molecule has 0 spiro atoms. The fraction of sp³-hybridized carbons (Fsp3) is 0.588. The minimum atomic E-state index is -3.97. The van der Waals surface area contributed by atoms with Crippen molar-refractivity contribution in [3.8, 4) is 11.5 Å². The van der Waals surface area contributed by atoms with Gasteiger partial charge in [0.05, 0.1) is 27.4 Å². The molecule has 0 fully saturated rings. The average molecular weight is 358 g/mol. The van der Waals surface area contributed by atoms with E-state index in [9.17, 15) is 9.36 Å². The van der Waals surface area contributed by atoms with Gasteiger partial charge in [-0.1, -0.05) is 32.8 Å². The quantitative estimate of drug-likeness (QED) is 0.399. The molecule has 0 amide bonds. The van der Waals surface area contributed by atoms with Crippen molar-refractivity contribution in [3.63, 3.8) is 0 Å². The van der Waals surface area contributed by atoms with Crippen LogP contribution in [0.5, 0.6) is 11.5 Å². The van der Waals surface area contributed by atoms with E-state index in [-0.39, 0.29) is 30.3 Å². The fourth-order valence-electron chi connectivity index (χ4n) is 2.01. The van der Waals surface area contributed by atoms with E-state index in [0.717, 1.165) is 12.8 Å². The molecule has 0 atom stereocenters. The second kappa shape index (κ2) is 10.5. The smallest absolute Gasteiger partial charge is 0.401 e. The number of carbonyl (C=O) groups is 1. The Balaban J connectivity index is 3.17. The minimum absolute atomic E-state index is 0.0823. The molecule has 6 nitrogen and oxygen atoms in total. The third-order valence-corrected chi connectivity index (χ3v) is 5.17. The lowest BCUT2D eigenvalue weighted by molar-refractivity contribution is 0.0986. The summed E-state index contributed by atoms with van der Waals surface area (Å²) in [5.74, 6) is 0.551. The van der Waals surface area contributed by atoms with Crippen molar-refractivity contribution in [2.24, 2.45) is 0 Å². The zero-order valence-corrected chi connectivity index (χ0v) is 15.8. The molecule has 0 aliphatic rings. The van der Waals surface area contributed by atoms with Gasteiger partial charge in [-0.3, -0.25) is 9.36 Å². The molecule has 0 heterocycles. The lowest BCUT2D eigenvalue weighted by Gasteiger charge is -2.19. The molecular weight excluding hydrogens is 331 g/mol. The maximum absolute atomic E-state index is 13.1. The predicted molar refractivity (Wildman–Crippen MR) is 93.2 cm³/mol. The topological polar surface area (TPSA) is 71.1 Å². The van der Waals surface area contributed by atoms with E-state index >= 15 is 0 Å². The van der Waals surface area contributed by atoms with Gasteiger partial charge in [-0.05, 0) is 25.0 Å². The number of carbonyl (C=O) groups excluding carboxylic acids is 1. The first-order valence-electron chi connectivity index (χ1n) is 8.19. The summed E-state index contributed by atoms with van der Waals surface area (Å²) in [6, 6.07) is 4.91. The molecule has 0 radical (unpaired) electrons. The zero-order valence-electron chi connectivity index (χ0n) is 14.9. The Labute approximate surface area is 144 Å². The number of ether oxygens (including phenoxy) is 2. The molecule has 0 unspecified atom stereocenters. The third-order valence-electron chi connectivity index (χ3n) is 3.41. The van der Waals surface area contributed by atoms with Crippen LogP contribution in [0.4, 0.5) is 0 Å². The fourth-order valence-corrected chi connectivity index (χ4v) is 3.55. The molecule has 1 aromatic carbocycles. The lowest BCUT2D eigenvalue weighted by atomic mass is 10.2. The summed E-state index contributed by atoms with van der Waals surface area (Å²) in [6.07, 6.45) is 3.11. The van der Waals surface area contributed by atoms with E-state index in [0.29, 0.717) is 12.8 Å². The van der Waals surface area contributed by atoms with E-state index in [1.807, 2.05) is 13.8 Å². The molecule has 0 N–H and O–H groups in total. The summed E-state index contributed by atoms with van der Waals surface area (Å²) in [7, 11) is -1.10. The Morgan fingerprint density at radius 3 is 1.79 bits per heavy atom. The maximum Gasteiger partial charge on any atom is 0.401 e. The van der Waals surface area contributed by atoms with Crippen LogP contribution in [0.3, 0.4) is 0 Å². The molecule has 0 aliphatic heterocycles. The molecule has 24 heavy (non-hydrogen) atoms. The minimum Gasteiger partial charge on any atom is -0.496 e. The van der Waals surface area contributed by atoms with Crippen LogP contribution in [-0.4, -0.2) is 33.0 Å². The van der Waals surface area contributed by atoms with E-state index in [1.54, 1.807) is 18.2 Å². The third kappa shape index (κ3) is 5.33. The Morgan fingerprint density at radius 1 is 0.958 bits per heavy atom. The normalized spacial score (nSPS) is 11.3. The lowest BCUT2D eigenvalue weighted by Crippen LogP contribution is -2.11. The van der Waals surface area contributed by atoms with Gasteiger partial charge in [0, 0.05) is 0 Å². The van der Waals surface area contributed by atoms with Gasteiger partial charge in [-0.15, -0.1) is 0 Å². The molecular formula is C17H27O6P. The molecule has 0 aromatic heterocycles. The van der Waals surface area contributed by atoms with Gasteiger partial charge in [-0.2, -0.15) is 0 Å². The van der Waals surface area contributed by atoms with Crippen LogP contribution in [0.1, 0.15) is 49.9 Å². The van der Waals surface area contributed by atoms with Gasteiger partial charge in [0.2, 0.25) is 0 Å². The van der Waals surface area contributed by atoms with Crippen molar-refractivity contribution < 1.29 is 27.9 Å². The van der Waals surface area contributed by atoms with Crippen LogP contribution in [-0.2, 0) is 13.6 Å². The summed E-state index contributed by atoms with van der Waals surface area (Å²) in [4.78, 5) is 12.9. The highest BCUT2D eigenvalue weighted by Crippen LogP contribution is 2.54. The molecule has 0 bridgehead atoms. The Hall–Kier alpha value is -1.36. The Kier molecular flexibility index (Phi) is 9.04. The number of rotatable bonds is 12. The van der Waals surface area contributed by atoms with Crippen LogP contribution in [0.15, 0.2) is 18.2 Å². The highest BCUT2D eigenvalue weighted by atomic mass is 31.2. The van der Waals surface area contributed by atoms with Crippen LogP contribution in [0.25, 0.3) is 0 Å². The van der Waals surface area contributed by atoms with Crippen LogP contribution >= 0.6 is 7.60 Å². The molecule has 0 saturated carbocycles. The highest BCUT2D eigenvalue weighted by Gasteiger charge is 2.39. The molecule has 136 valence electrons. The molecule has 1 rings (SSSR count). The van der Waals surface area contributed by atoms with E-state index in [4.69, 9.17) is 18.5 Å². The first-order chi connectivity index (χ1) is 11.5. The number of hydrogen-bond donors (Lipinski definition) is 0. The summed E-state index contributed by atoms with van der Waals surface area (Å²) < 4.78 is 34.3. The van der Waals surface area contributed by atoms with Crippen molar-refractivity contribution in [1.82, 2.24) is 0 Å². The number of hydrogen-bond acceptors (Lipinski definition) is 6. The van der Waals surface area contributed by atoms with Crippen molar-refractivity contribution in [2.75, 3.05) is 27.4 Å². The average Bonchev–Trinajstić information content (AvgIpc) is 2.60. The summed E-state index contributed by atoms with van der Waals surface area (Å²) in [6.45, 7) is 4.36. The second-order valence-corrected chi connectivity index (χ2v) is 7.13. The second-order valence-electron chi connectivity index (χ2n) is 5.21. The van der Waals surface area contributed by atoms with Gasteiger partial charge in [0.15, 0.2) is 0 Å². The zero-order chi connectivity index (χ0) is 18.0. The molecule has 0 saturated heterocycles. The van der Waals surface area contributed by atoms with Gasteiger partial charge >= 0.3 is 7.60 Å². The van der Waals surface area contributed by atoms with Crippen molar-refractivity contribution in [3.05, 3.63) is 23.8 Å². The standard InChI is InChI=1S/C17H27O6P/c1-5-7-12-22-24(19,23-13-8-6-2)17(18)16-14(20-3)10-9-11-15(16)21-4/h9-11H,5-8,12-13H2,1-4H3. The van der Waals surface area contributed by atoms with Crippen molar-refractivity contribution >= 4 is 13.1 Å². The van der Waals surface area contributed by atoms with E-state index in [2.05, 4.69) is 0 Å². The van der Waals surface area contributed by atoms with Crippen molar-refractivity contribution in [2.45, 2.75) is 39.5 Å². The van der Waals surface area contributed by atoms with Crippen LogP contribution in [0, 0.1) is 0 Å². The van der Waals surface area contributed by atoms with Gasteiger partial charge in [0.1, 0.15) is 17.1 Å². The van der Waals surface area contributed by atoms with Gasteiger partial charge < -0.3 is 18.5 Å². The van der Waals surface area contributed by atoms with Crippen molar-refractivity contribution in [1.29, 1.82) is 0 Å². The van der Waals surface area contributed by atoms with E-state index in [1.165, 1.54) is 14.2 Å². The van der Waals surface area contributed by atoms with E-state index < -0.39 is 13.1 Å². The summed E-state index contributed by atoms with van der Waals surface area (Å²) in [5, 5.41) is 0. The number of methoxy groups -OCH3 is 2. The van der Waals surface area contributed by atoms with Crippen LogP contribution in [0.2, 0.25) is 0 Å². The monoisotopic (exact) mass is 358 g/mol. The maximum atomic E-state index is 13.1. The molecule has 1 aromatic rings. The van der Waals surface area contributed by atoms with Gasteiger partial charge in [0.25, 0.3) is 5.52 Å². The summed E-state index contributed by atoms with van der Waals surface area (Å²) in [5.41, 5.74) is -0.650. The first kappa shape index (κ1) is 20.7. The van der Waals surface area contributed by atoms with Gasteiger partial charge in [-0.25, -0.2) is 0 Å². The number of unbranched alkanes of at least 4 members (excludes halogenated alkanes) is 2. The summed E-state index contributed by atoms with van der Waals surface area (Å²) >= 11 is 0. The number of benzene rings is 1. The largest absolute Gasteiger partial charge is 0.496 e. The predicted octanol–water partition coefficient (Wildman–Crippen LogP) is 4.67. The Bertz CT molecular complexity index is 536.